The third kappa shape index (κ3) is 39.4. The summed E-state index contributed by atoms with van der Waals surface area (Å²) in [5.41, 5.74) is 0. The molecule has 1 amide bonds. The number of phosphoric acid groups is 1. The number of ether oxygens (including phenoxy) is 1. The Kier molecular flexibility index (Phi) is 37.6. The number of allylic oxidation sites excluding steroid dienone is 6. The van der Waals surface area contributed by atoms with E-state index in [1.807, 2.05) is 0 Å². The third-order valence-electron chi connectivity index (χ3n) is 8.82. The van der Waals surface area contributed by atoms with Crippen molar-refractivity contribution in [1.29, 1.82) is 0 Å². The van der Waals surface area contributed by atoms with E-state index in [1.165, 1.54) is 103 Å². The van der Waals surface area contributed by atoms with Crippen molar-refractivity contribution < 1.29 is 37.9 Å². The van der Waals surface area contributed by atoms with Crippen molar-refractivity contribution in [2.45, 2.75) is 193 Å². The van der Waals surface area contributed by atoms with Crippen molar-refractivity contribution in [3.63, 3.8) is 0 Å². The Hall–Kier alpha value is -1.77. The Morgan fingerprint density at radius 1 is 0.596 bits per heavy atom. The Bertz CT molecular complexity index is 954. The Morgan fingerprint density at radius 2 is 1.04 bits per heavy atom. The minimum absolute atomic E-state index is 0.0780. The molecule has 0 aliphatic rings. The Balaban J connectivity index is 3.60. The molecule has 304 valence electrons. The van der Waals surface area contributed by atoms with E-state index in [0.717, 1.165) is 57.8 Å². The number of hydrogen-bond donors (Lipinski definition) is 3. The molecule has 2 atom stereocenters. The number of nitrogens with one attached hydrogen (secondary N) is 1. The molecule has 52 heavy (non-hydrogen) atoms. The first kappa shape index (κ1) is 50.2. The standard InChI is InChI=1S/C42H78NO8P/c1-3-5-7-9-11-13-15-16-17-18-19-20-21-22-23-24-25-26-28-30-32-34-41(45)43-36-37-50-52(47,48)51-39-40(44)38-49-42(46)35-33-31-29-27-14-12-10-8-6-4-2/h11,13,16-17,19-20,40,44H,3-10,12,14-15,18,21-39H2,1-2H3,(H,43,45)(H,47,48)/b13-11-,17-16-,20-19-. The van der Waals surface area contributed by atoms with E-state index in [-0.39, 0.29) is 32.1 Å². The molecule has 0 fully saturated rings. The van der Waals surface area contributed by atoms with Crippen LogP contribution in [0.1, 0.15) is 187 Å². The molecule has 0 spiro atoms. The molecular weight excluding hydrogens is 677 g/mol. The lowest BCUT2D eigenvalue weighted by Gasteiger charge is -2.15. The van der Waals surface area contributed by atoms with Gasteiger partial charge in [-0.15, -0.1) is 0 Å². The molecule has 0 rings (SSSR count). The first-order valence-corrected chi connectivity index (χ1v) is 22.5. The molecule has 10 heteroatoms. The maximum Gasteiger partial charge on any atom is 0.472 e. The van der Waals surface area contributed by atoms with Crippen LogP contribution in [0.2, 0.25) is 0 Å². The molecular formula is C42H78NO8P. The zero-order valence-electron chi connectivity index (χ0n) is 33.3. The predicted octanol–water partition coefficient (Wildman–Crippen LogP) is 11.4. The number of aliphatic hydroxyl groups is 1. The highest BCUT2D eigenvalue weighted by atomic mass is 31.2. The maximum absolute atomic E-state index is 12.1. The molecule has 2 unspecified atom stereocenters. The van der Waals surface area contributed by atoms with Gasteiger partial charge >= 0.3 is 13.8 Å². The highest BCUT2D eigenvalue weighted by Crippen LogP contribution is 2.42. The van der Waals surface area contributed by atoms with E-state index in [1.54, 1.807) is 0 Å². The molecule has 0 aromatic heterocycles. The molecule has 0 aliphatic heterocycles. The molecule has 0 aliphatic carbocycles. The van der Waals surface area contributed by atoms with Crippen LogP contribution in [0, 0.1) is 0 Å². The number of amides is 1. The fourth-order valence-electron chi connectivity index (χ4n) is 5.62. The third-order valence-corrected chi connectivity index (χ3v) is 9.81. The summed E-state index contributed by atoms with van der Waals surface area (Å²) in [5.74, 6) is -0.524. The zero-order chi connectivity index (χ0) is 38.2. The lowest BCUT2D eigenvalue weighted by atomic mass is 10.1. The average Bonchev–Trinajstić information content (AvgIpc) is 3.13. The minimum atomic E-state index is -4.41. The Morgan fingerprint density at radius 3 is 1.60 bits per heavy atom. The van der Waals surface area contributed by atoms with Gasteiger partial charge < -0.3 is 20.1 Å². The molecule has 0 aromatic carbocycles. The molecule has 0 saturated heterocycles. The van der Waals surface area contributed by atoms with Crippen LogP contribution in [-0.2, 0) is 27.9 Å². The van der Waals surface area contributed by atoms with Gasteiger partial charge in [0.2, 0.25) is 5.91 Å². The normalized spacial score (nSPS) is 13.7. The van der Waals surface area contributed by atoms with Gasteiger partial charge in [-0.2, -0.15) is 0 Å². The molecule has 0 radical (unpaired) electrons. The fourth-order valence-corrected chi connectivity index (χ4v) is 6.38. The van der Waals surface area contributed by atoms with Gasteiger partial charge in [0, 0.05) is 19.4 Å². The first-order chi connectivity index (χ1) is 25.3. The molecule has 0 heterocycles. The lowest BCUT2D eigenvalue weighted by Crippen LogP contribution is -2.27. The van der Waals surface area contributed by atoms with Gasteiger partial charge in [0.1, 0.15) is 12.7 Å². The highest BCUT2D eigenvalue weighted by Gasteiger charge is 2.23. The van der Waals surface area contributed by atoms with Gasteiger partial charge in [-0.05, 0) is 51.4 Å². The summed E-state index contributed by atoms with van der Waals surface area (Å²) in [4.78, 5) is 33.8. The van der Waals surface area contributed by atoms with Crippen molar-refractivity contribution in [3.8, 4) is 0 Å². The second-order valence-corrected chi connectivity index (χ2v) is 15.4. The maximum atomic E-state index is 12.1. The van der Waals surface area contributed by atoms with Gasteiger partial charge in [-0.1, -0.05) is 159 Å². The lowest BCUT2D eigenvalue weighted by molar-refractivity contribution is -0.147. The topological polar surface area (TPSA) is 131 Å². The number of rotatable bonds is 39. The fraction of sp³-hybridized carbons (Fsp3) is 0.810. The predicted molar refractivity (Wildman–Crippen MR) is 215 cm³/mol. The van der Waals surface area contributed by atoms with Crippen LogP contribution >= 0.6 is 7.82 Å². The molecule has 9 nitrogen and oxygen atoms in total. The van der Waals surface area contributed by atoms with Crippen LogP contribution in [0.3, 0.4) is 0 Å². The van der Waals surface area contributed by atoms with E-state index >= 15 is 0 Å². The Labute approximate surface area is 318 Å². The number of carbonyl (C=O) groups excluding carboxylic acids is 2. The van der Waals surface area contributed by atoms with Crippen molar-refractivity contribution in [2.75, 3.05) is 26.4 Å². The summed E-state index contributed by atoms with van der Waals surface area (Å²) in [6, 6.07) is 0. The number of carbonyl (C=O) groups is 2. The van der Waals surface area contributed by atoms with Crippen molar-refractivity contribution in [1.82, 2.24) is 5.32 Å². The van der Waals surface area contributed by atoms with Crippen LogP contribution < -0.4 is 5.32 Å². The SMILES string of the molecule is CCCCC/C=C\C/C=C\C/C=C\CCCCCCCCCCC(=O)NCCOP(=O)(O)OCC(O)COC(=O)CCCCCCCCCCCC. The zero-order valence-corrected chi connectivity index (χ0v) is 34.1. The summed E-state index contributed by atoms with van der Waals surface area (Å²) in [7, 11) is -4.41. The monoisotopic (exact) mass is 756 g/mol. The van der Waals surface area contributed by atoms with E-state index in [9.17, 15) is 24.2 Å². The second kappa shape index (κ2) is 38.9. The summed E-state index contributed by atoms with van der Waals surface area (Å²) >= 11 is 0. The van der Waals surface area contributed by atoms with Gasteiger partial charge in [-0.3, -0.25) is 18.6 Å². The van der Waals surface area contributed by atoms with Crippen molar-refractivity contribution in [2.24, 2.45) is 0 Å². The van der Waals surface area contributed by atoms with Crippen LogP contribution in [-0.4, -0.2) is 54.3 Å². The molecule has 3 N–H and O–H groups in total. The van der Waals surface area contributed by atoms with Gasteiger partial charge in [-0.25, -0.2) is 4.57 Å². The van der Waals surface area contributed by atoms with Gasteiger partial charge in [0.05, 0.1) is 13.2 Å². The minimum Gasteiger partial charge on any atom is -0.463 e. The largest absolute Gasteiger partial charge is 0.472 e. The summed E-state index contributed by atoms with van der Waals surface area (Å²) < 4.78 is 26.8. The highest BCUT2D eigenvalue weighted by molar-refractivity contribution is 7.47. The van der Waals surface area contributed by atoms with Gasteiger partial charge in [0.25, 0.3) is 0 Å². The van der Waals surface area contributed by atoms with E-state index in [2.05, 4.69) is 55.6 Å². The van der Waals surface area contributed by atoms with Crippen molar-refractivity contribution >= 4 is 19.7 Å². The summed E-state index contributed by atoms with van der Waals surface area (Å²) in [6.45, 7) is 3.50. The van der Waals surface area contributed by atoms with Crippen LogP contribution in [0.5, 0.6) is 0 Å². The average molecular weight is 756 g/mol. The van der Waals surface area contributed by atoms with E-state index in [0.29, 0.717) is 6.42 Å². The van der Waals surface area contributed by atoms with E-state index < -0.39 is 26.5 Å². The number of phosphoric ester groups is 1. The van der Waals surface area contributed by atoms with Crippen LogP contribution in [0.25, 0.3) is 0 Å². The number of hydrogen-bond acceptors (Lipinski definition) is 7. The van der Waals surface area contributed by atoms with Crippen LogP contribution in [0.15, 0.2) is 36.5 Å². The summed E-state index contributed by atoms with van der Waals surface area (Å²) in [5, 5.41) is 12.6. The van der Waals surface area contributed by atoms with E-state index in [4.69, 9.17) is 13.8 Å². The number of esters is 1. The molecule has 0 saturated carbocycles. The summed E-state index contributed by atoms with van der Waals surface area (Å²) in [6.07, 6.45) is 42.2. The first-order valence-electron chi connectivity index (χ1n) is 21.0. The smallest absolute Gasteiger partial charge is 0.463 e. The number of unbranched alkanes of at least 4 members (excludes halogenated alkanes) is 20. The quantitative estimate of drug-likeness (QED) is 0.0244. The van der Waals surface area contributed by atoms with Gasteiger partial charge in [0.15, 0.2) is 0 Å². The molecule has 0 aromatic rings. The number of aliphatic hydroxyl groups excluding tert-OH is 1. The molecule has 0 bridgehead atoms. The second-order valence-electron chi connectivity index (χ2n) is 14.0. The van der Waals surface area contributed by atoms with Crippen molar-refractivity contribution in [3.05, 3.63) is 36.5 Å². The van der Waals surface area contributed by atoms with Crippen LogP contribution in [0.4, 0.5) is 0 Å².